The molecule has 3 aromatic carbocycles. The van der Waals surface area contributed by atoms with Gasteiger partial charge in [0.05, 0.1) is 6.54 Å². The number of carbonyl (C=O) groups excluding carboxylic acids is 2. The number of rotatable bonds is 9. The molecule has 0 saturated heterocycles. The highest BCUT2D eigenvalue weighted by Gasteiger charge is 2.50. The summed E-state index contributed by atoms with van der Waals surface area (Å²) in [4.78, 5) is 32.7. The number of nitrogens with zero attached hydrogens (tertiary/aromatic N) is 2. The summed E-state index contributed by atoms with van der Waals surface area (Å²) in [6, 6.07) is 26.3. The van der Waals surface area contributed by atoms with Crippen molar-refractivity contribution in [3.8, 4) is 0 Å². The van der Waals surface area contributed by atoms with Gasteiger partial charge in [-0.25, -0.2) is 4.99 Å². The van der Waals surface area contributed by atoms with Crippen LogP contribution in [0.5, 0.6) is 0 Å². The largest absolute Gasteiger partial charge is 0.369 e. The van der Waals surface area contributed by atoms with E-state index in [0.717, 1.165) is 36.0 Å². The molecule has 1 heterocycles. The predicted octanol–water partition coefficient (Wildman–Crippen LogP) is 6.26. The van der Waals surface area contributed by atoms with Gasteiger partial charge in [0.15, 0.2) is 11.5 Å². The number of aliphatic imine (C=N–C) groups is 1. The maximum absolute atomic E-state index is 13.9. The van der Waals surface area contributed by atoms with Crippen LogP contribution in [0.25, 0.3) is 0 Å². The molecule has 0 fully saturated rings. The van der Waals surface area contributed by atoms with Crippen molar-refractivity contribution in [2.24, 2.45) is 10.7 Å². The van der Waals surface area contributed by atoms with Gasteiger partial charge in [0.1, 0.15) is 0 Å². The number of nitrogens with two attached hydrogens (primary N) is 1. The van der Waals surface area contributed by atoms with Gasteiger partial charge < -0.3 is 11.1 Å². The van der Waals surface area contributed by atoms with Crippen molar-refractivity contribution < 1.29 is 9.59 Å². The number of guanidine groups is 1. The molecule has 0 aliphatic carbocycles. The molecule has 0 aromatic heterocycles. The second-order valence-corrected chi connectivity index (χ2v) is 8.47. The number of carbonyl (C=O) groups is 2. The monoisotopic (exact) mass is 514 g/mol. The minimum Gasteiger partial charge on any atom is -0.369 e. The third kappa shape index (κ3) is 6.88. The van der Waals surface area contributed by atoms with Gasteiger partial charge in [-0.3, -0.25) is 14.5 Å². The zero-order valence-electron chi connectivity index (χ0n) is 23.4. The zero-order chi connectivity index (χ0) is 28.0. The van der Waals surface area contributed by atoms with E-state index in [1.807, 2.05) is 100 Å². The van der Waals surface area contributed by atoms with Crippen molar-refractivity contribution in [2.45, 2.75) is 66.0 Å². The van der Waals surface area contributed by atoms with E-state index in [-0.39, 0.29) is 24.3 Å². The van der Waals surface area contributed by atoms with Crippen LogP contribution in [0.2, 0.25) is 0 Å². The number of benzene rings is 3. The molecule has 0 unspecified atom stereocenters. The lowest BCUT2D eigenvalue weighted by molar-refractivity contribution is -0.130. The summed E-state index contributed by atoms with van der Waals surface area (Å²) in [6.45, 7) is 11.0. The Morgan fingerprint density at radius 3 is 2.00 bits per heavy atom. The smallest absolute Gasteiger partial charge is 0.266 e. The van der Waals surface area contributed by atoms with E-state index in [1.54, 1.807) is 12.1 Å². The first-order valence-electron chi connectivity index (χ1n) is 13.7. The third-order valence-corrected chi connectivity index (χ3v) is 6.09. The SMILES string of the molecule is CC.CC.CCCCCNC(=O)c1cccc(CN2C(=O)C(c3ccccc3)(c3ccccc3)N=C2N)c1. The van der Waals surface area contributed by atoms with E-state index in [1.165, 1.54) is 4.90 Å². The molecule has 202 valence electrons. The van der Waals surface area contributed by atoms with Crippen LogP contribution >= 0.6 is 0 Å². The Morgan fingerprint density at radius 1 is 0.868 bits per heavy atom. The molecule has 3 N–H and O–H groups in total. The first-order valence-corrected chi connectivity index (χ1v) is 13.7. The standard InChI is InChI=1S/C28H30N4O2.2C2H6/c1-2-3-10-18-30-25(33)22-13-11-12-21(19-22)20-32-26(34)28(31-27(32)29,23-14-6-4-7-15-23)24-16-8-5-9-17-24;2*1-2/h4-9,11-17,19H,2-3,10,18,20H2,1H3,(H2,29,31)(H,30,33);2*1-2H3. The van der Waals surface area contributed by atoms with Crippen LogP contribution in [-0.4, -0.2) is 29.2 Å². The molecule has 1 aliphatic rings. The Kier molecular flexibility index (Phi) is 12.2. The molecule has 3 aromatic rings. The van der Waals surface area contributed by atoms with Gasteiger partial charge in [-0.2, -0.15) is 0 Å². The van der Waals surface area contributed by atoms with E-state index in [4.69, 9.17) is 10.7 Å². The molecule has 0 bridgehead atoms. The highest BCUT2D eigenvalue weighted by atomic mass is 16.2. The van der Waals surface area contributed by atoms with E-state index in [9.17, 15) is 9.59 Å². The van der Waals surface area contributed by atoms with Crippen LogP contribution in [0, 0.1) is 0 Å². The number of hydrogen-bond acceptors (Lipinski definition) is 4. The lowest BCUT2D eigenvalue weighted by Crippen LogP contribution is -2.43. The number of hydrogen-bond donors (Lipinski definition) is 2. The number of amides is 2. The summed E-state index contributed by atoms with van der Waals surface area (Å²) in [5, 5.41) is 2.96. The fourth-order valence-corrected chi connectivity index (χ4v) is 4.31. The maximum Gasteiger partial charge on any atom is 0.266 e. The topological polar surface area (TPSA) is 87.8 Å². The molecule has 0 spiro atoms. The average Bonchev–Trinajstić information content (AvgIpc) is 3.24. The molecule has 6 nitrogen and oxygen atoms in total. The van der Waals surface area contributed by atoms with Crippen LogP contribution in [0.3, 0.4) is 0 Å². The van der Waals surface area contributed by atoms with Crippen LogP contribution in [0.15, 0.2) is 89.9 Å². The Balaban J connectivity index is 0.00000121. The van der Waals surface area contributed by atoms with Gasteiger partial charge in [-0.1, -0.05) is 120 Å². The van der Waals surface area contributed by atoms with E-state index >= 15 is 0 Å². The summed E-state index contributed by atoms with van der Waals surface area (Å²) < 4.78 is 0. The molecule has 1 aliphatic heterocycles. The molecule has 6 heteroatoms. The minimum absolute atomic E-state index is 0.116. The van der Waals surface area contributed by atoms with Crippen molar-refractivity contribution in [2.75, 3.05) is 6.54 Å². The molecule has 4 rings (SSSR count). The Bertz CT molecular complexity index is 1140. The van der Waals surface area contributed by atoms with Gasteiger partial charge in [0.25, 0.3) is 11.8 Å². The van der Waals surface area contributed by atoms with Crippen molar-refractivity contribution in [3.63, 3.8) is 0 Å². The number of unbranched alkanes of at least 4 members (excludes halogenated alkanes) is 2. The van der Waals surface area contributed by atoms with E-state index in [0.29, 0.717) is 12.1 Å². The van der Waals surface area contributed by atoms with Crippen LogP contribution in [0.1, 0.15) is 80.9 Å². The van der Waals surface area contributed by atoms with Crippen LogP contribution in [-0.2, 0) is 16.9 Å². The summed E-state index contributed by atoms with van der Waals surface area (Å²) in [5.74, 6) is -0.167. The van der Waals surface area contributed by atoms with E-state index < -0.39 is 5.54 Å². The number of nitrogens with one attached hydrogen (secondary N) is 1. The zero-order valence-corrected chi connectivity index (χ0v) is 23.4. The first kappa shape index (κ1) is 30.3. The molecule has 0 saturated carbocycles. The van der Waals surface area contributed by atoms with Crippen LogP contribution < -0.4 is 11.1 Å². The summed E-state index contributed by atoms with van der Waals surface area (Å²) in [5.41, 5.74) is 8.00. The molecule has 0 atom stereocenters. The second-order valence-electron chi connectivity index (χ2n) is 8.47. The molecule has 2 amide bonds. The van der Waals surface area contributed by atoms with Gasteiger partial charge in [-0.15, -0.1) is 0 Å². The fraction of sp³-hybridized carbons (Fsp3) is 0.344. The summed E-state index contributed by atoms with van der Waals surface area (Å²) in [7, 11) is 0. The van der Waals surface area contributed by atoms with Gasteiger partial charge in [0.2, 0.25) is 0 Å². The molecular weight excluding hydrogens is 472 g/mol. The second kappa shape index (κ2) is 15.4. The van der Waals surface area contributed by atoms with Crippen LogP contribution in [0.4, 0.5) is 0 Å². The Hall–Kier alpha value is -3.93. The van der Waals surface area contributed by atoms with Crippen molar-refractivity contribution in [1.29, 1.82) is 0 Å². The highest BCUT2D eigenvalue weighted by Crippen LogP contribution is 2.39. The van der Waals surface area contributed by atoms with Gasteiger partial charge in [0, 0.05) is 12.1 Å². The predicted molar refractivity (Wildman–Crippen MR) is 157 cm³/mol. The molecule has 38 heavy (non-hydrogen) atoms. The lowest BCUT2D eigenvalue weighted by Gasteiger charge is -2.27. The van der Waals surface area contributed by atoms with Crippen molar-refractivity contribution in [1.82, 2.24) is 10.2 Å². The Morgan fingerprint density at radius 2 is 1.45 bits per heavy atom. The summed E-state index contributed by atoms with van der Waals surface area (Å²) >= 11 is 0. The first-order chi connectivity index (χ1) is 18.6. The van der Waals surface area contributed by atoms with Crippen molar-refractivity contribution >= 4 is 17.8 Å². The average molecular weight is 515 g/mol. The molecule has 0 radical (unpaired) electrons. The Labute approximate surface area is 228 Å². The normalized spacial score (nSPS) is 13.4. The van der Waals surface area contributed by atoms with Crippen molar-refractivity contribution in [3.05, 3.63) is 107 Å². The summed E-state index contributed by atoms with van der Waals surface area (Å²) in [6.07, 6.45) is 3.14. The fourth-order valence-electron chi connectivity index (χ4n) is 4.31. The maximum atomic E-state index is 13.9. The molecular formula is C32H42N4O2. The van der Waals surface area contributed by atoms with E-state index in [2.05, 4.69) is 12.2 Å². The highest BCUT2D eigenvalue weighted by molar-refractivity contribution is 6.09. The third-order valence-electron chi connectivity index (χ3n) is 6.09. The quantitative estimate of drug-likeness (QED) is 0.330. The minimum atomic E-state index is -1.24. The lowest BCUT2D eigenvalue weighted by atomic mass is 9.83. The van der Waals surface area contributed by atoms with Gasteiger partial charge in [-0.05, 0) is 35.2 Å². The van der Waals surface area contributed by atoms with Gasteiger partial charge >= 0.3 is 0 Å².